The zero-order valence-corrected chi connectivity index (χ0v) is 13.5. The van der Waals surface area contributed by atoms with Gasteiger partial charge in [0.1, 0.15) is 17.5 Å². The highest BCUT2D eigenvalue weighted by Crippen LogP contribution is 2.11. The van der Waals surface area contributed by atoms with Crippen LogP contribution in [0.1, 0.15) is 11.1 Å². The van der Waals surface area contributed by atoms with Gasteiger partial charge in [0.2, 0.25) is 0 Å². The highest BCUT2D eigenvalue weighted by atomic mass is 19.1. The molecule has 0 bridgehead atoms. The number of halogens is 3. The Hall–Kier alpha value is -2.50. The second-order valence-electron chi connectivity index (χ2n) is 5.25. The molecule has 0 saturated heterocycles. The van der Waals surface area contributed by atoms with Gasteiger partial charge in [0, 0.05) is 25.7 Å². The minimum Gasteiger partial charge on any atom is -0.356 e. The molecule has 2 aromatic carbocycles. The molecular formula is C18H20F3N3. The Bertz CT molecular complexity index is 664. The van der Waals surface area contributed by atoms with Gasteiger partial charge in [-0.2, -0.15) is 0 Å². The van der Waals surface area contributed by atoms with Gasteiger partial charge >= 0.3 is 0 Å². The molecule has 2 rings (SSSR count). The monoisotopic (exact) mass is 335 g/mol. The second-order valence-corrected chi connectivity index (χ2v) is 5.25. The first-order chi connectivity index (χ1) is 11.6. The molecule has 0 aliphatic carbocycles. The summed E-state index contributed by atoms with van der Waals surface area (Å²) in [6.45, 7) is 0.966. The maximum absolute atomic E-state index is 13.5. The van der Waals surface area contributed by atoms with Gasteiger partial charge in [-0.3, -0.25) is 4.99 Å². The van der Waals surface area contributed by atoms with Crippen molar-refractivity contribution < 1.29 is 13.2 Å². The molecule has 0 aromatic heterocycles. The van der Waals surface area contributed by atoms with E-state index in [0.717, 1.165) is 5.56 Å². The first kappa shape index (κ1) is 17.8. The Morgan fingerprint density at radius 1 is 0.875 bits per heavy atom. The van der Waals surface area contributed by atoms with E-state index in [-0.39, 0.29) is 17.8 Å². The van der Waals surface area contributed by atoms with Gasteiger partial charge in [0.05, 0.1) is 0 Å². The third-order valence-corrected chi connectivity index (χ3v) is 3.57. The lowest BCUT2D eigenvalue weighted by Gasteiger charge is -2.12. The molecule has 6 heteroatoms. The van der Waals surface area contributed by atoms with Gasteiger partial charge in [-0.05, 0) is 42.7 Å². The smallest absolute Gasteiger partial charge is 0.190 e. The average Bonchev–Trinajstić information content (AvgIpc) is 2.57. The summed E-state index contributed by atoms with van der Waals surface area (Å²) in [6.07, 6.45) is 0.931. The summed E-state index contributed by atoms with van der Waals surface area (Å²) in [5, 5.41) is 6.12. The van der Waals surface area contributed by atoms with Crippen LogP contribution in [0.5, 0.6) is 0 Å². The van der Waals surface area contributed by atoms with Crippen molar-refractivity contribution in [3.8, 4) is 0 Å². The quantitative estimate of drug-likeness (QED) is 0.629. The number of nitrogens with zero attached hydrogens (tertiary/aromatic N) is 1. The standard InChI is InChI=1S/C18H20F3N3/c1-22-18(23-11-9-13-5-7-14(19)8-6-13)24-12-10-15-16(20)3-2-4-17(15)21/h2-8H,9-12H2,1H3,(H2,22,23,24). The molecule has 0 heterocycles. The number of aliphatic imine (C=N–C) groups is 1. The number of guanidine groups is 1. The van der Waals surface area contributed by atoms with E-state index in [1.807, 2.05) is 0 Å². The Kier molecular flexibility index (Phi) is 6.66. The molecule has 0 saturated carbocycles. The lowest BCUT2D eigenvalue weighted by Crippen LogP contribution is -2.39. The van der Waals surface area contributed by atoms with Crippen molar-refractivity contribution >= 4 is 5.96 Å². The van der Waals surface area contributed by atoms with Crippen LogP contribution in [0.3, 0.4) is 0 Å². The van der Waals surface area contributed by atoms with Crippen LogP contribution < -0.4 is 10.6 Å². The van der Waals surface area contributed by atoms with Crippen LogP contribution >= 0.6 is 0 Å². The number of nitrogens with one attached hydrogen (secondary N) is 2. The van der Waals surface area contributed by atoms with E-state index in [4.69, 9.17) is 0 Å². The predicted molar refractivity (Wildman–Crippen MR) is 89.5 cm³/mol. The predicted octanol–water partition coefficient (Wildman–Crippen LogP) is 3.05. The van der Waals surface area contributed by atoms with E-state index in [0.29, 0.717) is 25.5 Å². The molecule has 0 unspecified atom stereocenters. The molecule has 0 spiro atoms. The van der Waals surface area contributed by atoms with E-state index in [9.17, 15) is 13.2 Å². The Morgan fingerprint density at radius 2 is 1.46 bits per heavy atom. The van der Waals surface area contributed by atoms with Gasteiger partial charge in [-0.25, -0.2) is 13.2 Å². The van der Waals surface area contributed by atoms with Gasteiger partial charge in [0.15, 0.2) is 5.96 Å². The minimum atomic E-state index is -0.545. The fourth-order valence-corrected chi connectivity index (χ4v) is 2.27. The average molecular weight is 335 g/mol. The fraction of sp³-hybridized carbons (Fsp3) is 0.278. The molecule has 0 atom stereocenters. The van der Waals surface area contributed by atoms with E-state index in [2.05, 4.69) is 15.6 Å². The van der Waals surface area contributed by atoms with E-state index in [1.54, 1.807) is 19.2 Å². The molecule has 0 radical (unpaired) electrons. The summed E-state index contributed by atoms with van der Waals surface area (Å²) in [5.41, 5.74) is 1.07. The number of hydrogen-bond donors (Lipinski definition) is 2. The van der Waals surface area contributed by atoms with E-state index < -0.39 is 11.6 Å². The Morgan fingerprint density at radius 3 is 2.04 bits per heavy atom. The van der Waals surface area contributed by atoms with Gasteiger partial charge < -0.3 is 10.6 Å². The molecule has 0 fully saturated rings. The molecule has 2 N–H and O–H groups in total. The summed E-state index contributed by atoms with van der Waals surface area (Å²) < 4.78 is 39.9. The maximum atomic E-state index is 13.5. The van der Waals surface area contributed by atoms with E-state index in [1.165, 1.54) is 30.3 Å². The van der Waals surface area contributed by atoms with Gasteiger partial charge in [-0.15, -0.1) is 0 Å². The third kappa shape index (κ3) is 5.30. The van der Waals surface area contributed by atoms with Crippen LogP contribution in [0.2, 0.25) is 0 Å². The number of hydrogen-bond acceptors (Lipinski definition) is 1. The van der Waals surface area contributed by atoms with Crippen LogP contribution in [-0.2, 0) is 12.8 Å². The van der Waals surface area contributed by atoms with E-state index >= 15 is 0 Å². The molecule has 3 nitrogen and oxygen atoms in total. The molecule has 0 aliphatic rings. The lowest BCUT2D eigenvalue weighted by molar-refractivity contribution is 0.553. The SMILES string of the molecule is CN=C(NCCc1ccc(F)cc1)NCCc1c(F)cccc1F. The topological polar surface area (TPSA) is 36.4 Å². The highest BCUT2D eigenvalue weighted by molar-refractivity contribution is 5.79. The summed E-state index contributed by atoms with van der Waals surface area (Å²) in [7, 11) is 1.62. The minimum absolute atomic E-state index is 0.0618. The highest BCUT2D eigenvalue weighted by Gasteiger charge is 2.08. The van der Waals surface area contributed by atoms with Gasteiger partial charge in [0.25, 0.3) is 0 Å². The largest absolute Gasteiger partial charge is 0.356 e. The van der Waals surface area contributed by atoms with Crippen LogP contribution in [0.25, 0.3) is 0 Å². The molecule has 128 valence electrons. The van der Waals surface area contributed by atoms with Crippen LogP contribution in [-0.4, -0.2) is 26.1 Å². The lowest BCUT2D eigenvalue weighted by atomic mass is 10.1. The molecular weight excluding hydrogens is 315 g/mol. The van der Waals surface area contributed by atoms with Crippen LogP contribution in [0, 0.1) is 17.5 Å². The molecule has 0 aliphatic heterocycles. The van der Waals surface area contributed by atoms with Crippen molar-refractivity contribution in [1.82, 2.24) is 10.6 Å². The molecule has 0 amide bonds. The van der Waals surface area contributed by atoms with Crippen molar-refractivity contribution in [2.45, 2.75) is 12.8 Å². The fourth-order valence-electron chi connectivity index (χ4n) is 2.27. The first-order valence-corrected chi connectivity index (χ1v) is 7.72. The van der Waals surface area contributed by atoms with Crippen molar-refractivity contribution in [2.75, 3.05) is 20.1 Å². The van der Waals surface area contributed by atoms with Crippen molar-refractivity contribution in [3.05, 3.63) is 71.0 Å². The number of rotatable bonds is 6. The summed E-state index contributed by atoms with van der Waals surface area (Å²) in [6, 6.07) is 10.1. The first-order valence-electron chi connectivity index (χ1n) is 7.72. The summed E-state index contributed by atoms with van der Waals surface area (Å²) in [5.74, 6) is -0.800. The third-order valence-electron chi connectivity index (χ3n) is 3.57. The van der Waals surface area contributed by atoms with Crippen molar-refractivity contribution in [3.63, 3.8) is 0 Å². The second kappa shape index (κ2) is 8.96. The molecule has 24 heavy (non-hydrogen) atoms. The van der Waals surface area contributed by atoms with Crippen LogP contribution in [0.15, 0.2) is 47.5 Å². The van der Waals surface area contributed by atoms with Crippen molar-refractivity contribution in [1.29, 1.82) is 0 Å². The zero-order valence-electron chi connectivity index (χ0n) is 13.5. The normalized spacial score (nSPS) is 11.4. The Balaban J connectivity index is 1.75. The van der Waals surface area contributed by atoms with Gasteiger partial charge in [-0.1, -0.05) is 18.2 Å². The Labute approximate surface area is 139 Å². The molecule has 2 aromatic rings. The van der Waals surface area contributed by atoms with Crippen LogP contribution in [0.4, 0.5) is 13.2 Å². The maximum Gasteiger partial charge on any atom is 0.190 e. The summed E-state index contributed by atoms with van der Waals surface area (Å²) >= 11 is 0. The number of benzene rings is 2. The van der Waals surface area contributed by atoms with Crippen molar-refractivity contribution in [2.24, 2.45) is 4.99 Å². The zero-order chi connectivity index (χ0) is 17.4. The summed E-state index contributed by atoms with van der Waals surface area (Å²) in [4.78, 5) is 4.06.